The van der Waals surface area contributed by atoms with Crippen LogP contribution in [0.4, 0.5) is 0 Å². The Kier molecular flexibility index (Phi) is 5.34. The second-order valence-corrected chi connectivity index (χ2v) is 7.70. The number of hydrogen-bond acceptors (Lipinski definition) is 5. The van der Waals surface area contributed by atoms with E-state index in [1.54, 1.807) is 6.92 Å². The van der Waals surface area contributed by atoms with Crippen molar-refractivity contribution in [2.24, 2.45) is 5.73 Å². The maximum Gasteiger partial charge on any atom is 0.237 e. The van der Waals surface area contributed by atoms with Crippen molar-refractivity contribution in [2.75, 3.05) is 31.1 Å². The van der Waals surface area contributed by atoms with Crippen LogP contribution in [0.3, 0.4) is 0 Å². The summed E-state index contributed by atoms with van der Waals surface area (Å²) < 4.78 is 23.0. The minimum absolute atomic E-state index is 0.00231. The predicted octanol–water partition coefficient (Wildman–Crippen LogP) is -0.651. The standard InChI is InChI=1S/C12H25N3O3S/c1-4-14-12(3,11(13)16)5-6-15-7-8-19(17,18)9-10(15)2/h10,14H,4-9H2,1-3H3,(H2,13,16). The molecule has 0 aromatic carbocycles. The van der Waals surface area contributed by atoms with Crippen LogP contribution in [0.2, 0.25) is 0 Å². The van der Waals surface area contributed by atoms with Crippen molar-refractivity contribution in [3.8, 4) is 0 Å². The maximum atomic E-state index is 11.5. The van der Waals surface area contributed by atoms with E-state index in [0.29, 0.717) is 26.1 Å². The first kappa shape index (κ1) is 16.4. The average molecular weight is 291 g/mol. The SMILES string of the molecule is CCNC(C)(CCN1CCS(=O)(=O)CC1C)C(N)=O. The fraction of sp³-hybridized carbons (Fsp3) is 0.917. The number of sulfone groups is 1. The molecule has 6 nitrogen and oxygen atoms in total. The van der Waals surface area contributed by atoms with E-state index in [9.17, 15) is 13.2 Å². The number of nitrogens with one attached hydrogen (secondary N) is 1. The van der Waals surface area contributed by atoms with Crippen LogP contribution >= 0.6 is 0 Å². The Bertz CT molecular complexity index is 424. The van der Waals surface area contributed by atoms with Gasteiger partial charge in [-0.15, -0.1) is 0 Å². The van der Waals surface area contributed by atoms with Crippen molar-refractivity contribution < 1.29 is 13.2 Å². The molecule has 1 amide bonds. The normalized spacial score (nSPS) is 26.8. The van der Waals surface area contributed by atoms with Gasteiger partial charge in [0.2, 0.25) is 5.91 Å². The molecule has 1 fully saturated rings. The van der Waals surface area contributed by atoms with Gasteiger partial charge in [-0.2, -0.15) is 0 Å². The number of rotatable bonds is 6. The van der Waals surface area contributed by atoms with Crippen LogP contribution in [0.25, 0.3) is 0 Å². The molecular formula is C12H25N3O3S. The minimum Gasteiger partial charge on any atom is -0.368 e. The lowest BCUT2D eigenvalue weighted by Gasteiger charge is -2.36. The smallest absolute Gasteiger partial charge is 0.237 e. The highest BCUT2D eigenvalue weighted by Crippen LogP contribution is 2.16. The van der Waals surface area contributed by atoms with Crippen LogP contribution in [0.15, 0.2) is 0 Å². The van der Waals surface area contributed by atoms with Gasteiger partial charge in [0.05, 0.1) is 17.0 Å². The minimum atomic E-state index is -2.89. The third-order valence-electron chi connectivity index (χ3n) is 3.82. The molecule has 0 aliphatic carbocycles. The Hall–Kier alpha value is -0.660. The monoisotopic (exact) mass is 291 g/mol. The highest BCUT2D eigenvalue weighted by Gasteiger charge is 2.33. The summed E-state index contributed by atoms with van der Waals surface area (Å²) in [6.07, 6.45) is 0.584. The molecule has 112 valence electrons. The molecule has 1 heterocycles. The summed E-state index contributed by atoms with van der Waals surface area (Å²) in [5.41, 5.74) is 4.70. The zero-order chi connectivity index (χ0) is 14.7. The summed E-state index contributed by atoms with van der Waals surface area (Å²) in [6.45, 7) is 7.50. The van der Waals surface area contributed by atoms with E-state index in [1.807, 2.05) is 13.8 Å². The number of hydrogen-bond donors (Lipinski definition) is 2. The van der Waals surface area contributed by atoms with Crippen LogP contribution < -0.4 is 11.1 Å². The van der Waals surface area contributed by atoms with Crippen molar-refractivity contribution in [3.05, 3.63) is 0 Å². The Morgan fingerprint density at radius 3 is 2.63 bits per heavy atom. The lowest BCUT2D eigenvalue weighted by atomic mass is 9.96. The highest BCUT2D eigenvalue weighted by molar-refractivity contribution is 7.91. The van der Waals surface area contributed by atoms with Gasteiger partial charge >= 0.3 is 0 Å². The molecule has 1 rings (SSSR count). The van der Waals surface area contributed by atoms with Gasteiger partial charge in [0.15, 0.2) is 9.84 Å². The summed E-state index contributed by atoms with van der Waals surface area (Å²) in [5.74, 6) is 0.0273. The van der Waals surface area contributed by atoms with Crippen LogP contribution in [0.5, 0.6) is 0 Å². The van der Waals surface area contributed by atoms with E-state index < -0.39 is 15.4 Å². The van der Waals surface area contributed by atoms with Gasteiger partial charge in [-0.3, -0.25) is 9.69 Å². The molecule has 1 aliphatic heterocycles. The number of nitrogens with zero attached hydrogens (tertiary/aromatic N) is 1. The molecule has 19 heavy (non-hydrogen) atoms. The summed E-state index contributed by atoms with van der Waals surface area (Å²) in [4.78, 5) is 13.6. The summed E-state index contributed by atoms with van der Waals surface area (Å²) in [6, 6.07) is -0.00231. The third kappa shape index (κ3) is 4.43. The van der Waals surface area contributed by atoms with E-state index in [-0.39, 0.29) is 23.5 Å². The molecular weight excluding hydrogens is 266 g/mol. The van der Waals surface area contributed by atoms with E-state index in [0.717, 1.165) is 0 Å². The zero-order valence-electron chi connectivity index (χ0n) is 12.0. The molecule has 0 aromatic heterocycles. The van der Waals surface area contributed by atoms with Crippen molar-refractivity contribution in [1.29, 1.82) is 0 Å². The second kappa shape index (κ2) is 6.19. The number of amides is 1. The van der Waals surface area contributed by atoms with Gasteiger partial charge in [-0.25, -0.2) is 8.42 Å². The van der Waals surface area contributed by atoms with Crippen molar-refractivity contribution in [2.45, 2.75) is 38.8 Å². The fourth-order valence-electron chi connectivity index (χ4n) is 2.42. The Balaban J connectivity index is 2.58. The molecule has 0 radical (unpaired) electrons. The van der Waals surface area contributed by atoms with Gasteiger partial charge in [0.25, 0.3) is 0 Å². The number of likely N-dealkylation sites (N-methyl/N-ethyl adjacent to an activating group) is 1. The molecule has 2 unspecified atom stereocenters. The van der Waals surface area contributed by atoms with Crippen LogP contribution in [-0.4, -0.2) is 61.9 Å². The molecule has 3 N–H and O–H groups in total. The van der Waals surface area contributed by atoms with Gasteiger partial charge in [-0.1, -0.05) is 6.92 Å². The summed E-state index contributed by atoms with van der Waals surface area (Å²) >= 11 is 0. The highest BCUT2D eigenvalue weighted by atomic mass is 32.2. The number of carbonyl (C=O) groups excluding carboxylic acids is 1. The van der Waals surface area contributed by atoms with Crippen molar-refractivity contribution >= 4 is 15.7 Å². The third-order valence-corrected chi connectivity index (χ3v) is 5.61. The van der Waals surface area contributed by atoms with Gasteiger partial charge in [-0.05, 0) is 26.8 Å². The molecule has 1 aliphatic rings. The summed E-state index contributed by atoms with van der Waals surface area (Å²) in [5, 5.41) is 3.11. The van der Waals surface area contributed by atoms with E-state index in [1.165, 1.54) is 0 Å². The molecule has 7 heteroatoms. The lowest BCUT2D eigenvalue weighted by molar-refractivity contribution is -0.124. The van der Waals surface area contributed by atoms with E-state index in [4.69, 9.17) is 5.73 Å². The zero-order valence-corrected chi connectivity index (χ0v) is 12.8. The van der Waals surface area contributed by atoms with Gasteiger partial charge in [0, 0.05) is 19.1 Å². The quantitative estimate of drug-likeness (QED) is 0.678. The van der Waals surface area contributed by atoms with Crippen LogP contribution in [0, 0.1) is 0 Å². The lowest BCUT2D eigenvalue weighted by Crippen LogP contribution is -2.56. The molecule has 0 saturated carbocycles. The first-order chi connectivity index (χ1) is 8.70. The topological polar surface area (TPSA) is 92.5 Å². The average Bonchev–Trinajstić information content (AvgIpc) is 2.27. The van der Waals surface area contributed by atoms with Crippen LogP contribution in [-0.2, 0) is 14.6 Å². The van der Waals surface area contributed by atoms with Crippen molar-refractivity contribution in [1.82, 2.24) is 10.2 Å². The molecule has 0 bridgehead atoms. The van der Waals surface area contributed by atoms with Gasteiger partial charge < -0.3 is 11.1 Å². The molecule has 0 spiro atoms. The first-order valence-electron chi connectivity index (χ1n) is 6.69. The first-order valence-corrected chi connectivity index (χ1v) is 8.52. The Morgan fingerprint density at radius 2 is 2.16 bits per heavy atom. The number of nitrogens with two attached hydrogens (primary N) is 1. The van der Waals surface area contributed by atoms with E-state index in [2.05, 4.69) is 10.2 Å². The predicted molar refractivity (Wildman–Crippen MR) is 75.6 cm³/mol. The maximum absolute atomic E-state index is 11.5. The molecule has 1 saturated heterocycles. The van der Waals surface area contributed by atoms with Gasteiger partial charge in [0.1, 0.15) is 0 Å². The second-order valence-electron chi connectivity index (χ2n) is 5.48. The number of primary amides is 1. The Labute approximate surface area is 115 Å². The largest absolute Gasteiger partial charge is 0.368 e. The molecule has 2 atom stereocenters. The Morgan fingerprint density at radius 1 is 1.53 bits per heavy atom. The van der Waals surface area contributed by atoms with Crippen molar-refractivity contribution in [3.63, 3.8) is 0 Å². The fourth-order valence-corrected chi connectivity index (χ4v) is 4.05. The van der Waals surface area contributed by atoms with E-state index >= 15 is 0 Å². The number of carbonyl (C=O) groups is 1. The van der Waals surface area contributed by atoms with Crippen LogP contribution in [0.1, 0.15) is 27.2 Å². The molecule has 0 aromatic rings. The summed E-state index contributed by atoms with van der Waals surface area (Å²) in [7, 11) is -2.89.